The summed E-state index contributed by atoms with van der Waals surface area (Å²) in [5, 5.41) is 3.32. The molecule has 0 atom stereocenters. The molecule has 38 heavy (non-hydrogen) atoms. The van der Waals surface area contributed by atoms with Gasteiger partial charge in [0.25, 0.3) is 0 Å². The Labute approximate surface area is 224 Å². The van der Waals surface area contributed by atoms with Gasteiger partial charge in [-0.05, 0) is 82.1 Å². The number of ether oxygens (including phenoxy) is 1. The second-order valence-electron chi connectivity index (χ2n) is 11.0. The van der Waals surface area contributed by atoms with Crippen LogP contribution in [0.3, 0.4) is 0 Å². The van der Waals surface area contributed by atoms with E-state index in [0.717, 1.165) is 86.1 Å². The smallest absolute Gasteiger partial charge is 0.233 e. The molecule has 1 N–H and O–H groups in total. The largest absolute Gasteiger partial charge is 0.491 e. The molecule has 0 radical (unpaired) electrons. The van der Waals surface area contributed by atoms with E-state index in [1.807, 2.05) is 44.3 Å². The lowest BCUT2D eigenvalue weighted by atomic mass is 9.93. The summed E-state index contributed by atoms with van der Waals surface area (Å²) >= 11 is 0. The Hall–Kier alpha value is -3.65. The number of nitrogens with one attached hydrogen (secondary N) is 1. The van der Waals surface area contributed by atoms with Crippen molar-refractivity contribution >= 4 is 29.0 Å². The van der Waals surface area contributed by atoms with Crippen LogP contribution >= 0.6 is 0 Å². The summed E-state index contributed by atoms with van der Waals surface area (Å²) in [4.78, 5) is 29.4. The molecule has 0 bridgehead atoms. The average molecular weight is 513 g/mol. The predicted octanol–water partition coefficient (Wildman–Crippen LogP) is 4.51. The molecule has 2 fully saturated rings. The van der Waals surface area contributed by atoms with Crippen LogP contribution in [0, 0.1) is 0 Å². The average Bonchev–Trinajstić information content (AvgIpc) is 3.63. The van der Waals surface area contributed by atoms with E-state index in [0.29, 0.717) is 11.9 Å². The van der Waals surface area contributed by atoms with E-state index in [9.17, 15) is 4.79 Å². The van der Waals surface area contributed by atoms with E-state index in [2.05, 4.69) is 56.3 Å². The molecule has 1 saturated carbocycles. The van der Waals surface area contributed by atoms with Gasteiger partial charge in [-0.25, -0.2) is 4.98 Å². The van der Waals surface area contributed by atoms with Crippen LogP contribution in [0.1, 0.15) is 37.8 Å². The lowest BCUT2D eigenvalue weighted by Gasteiger charge is -2.35. The van der Waals surface area contributed by atoms with Gasteiger partial charge in [0, 0.05) is 55.9 Å². The lowest BCUT2D eigenvalue weighted by molar-refractivity contribution is -0.135. The zero-order valence-corrected chi connectivity index (χ0v) is 22.5. The number of rotatable bonds is 7. The van der Waals surface area contributed by atoms with Crippen LogP contribution in [0.25, 0.3) is 0 Å². The van der Waals surface area contributed by atoms with Crippen molar-refractivity contribution in [3.05, 3.63) is 65.9 Å². The molecule has 198 valence electrons. The molecule has 3 heterocycles. The van der Waals surface area contributed by atoms with Gasteiger partial charge >= 0.3 is 0 Å². The minimum atomic E-state index is -0.327. The van der Waals surface area contributed by atoms with Crippen LogP contribution in [-0.2, 0) is 16.6 Å². The van der Waals surface area contributed by atoms with Gasteiger partial charge in [-0.1, -0.05) is 12.1 Å². The number of hydrogen-bond acceptors (Lipinski definition) is 7. The highest BCUT2D eigenvalue weighted by atomic mass is 16.5. The highest BCUT2D eigenvalue weighted by molar-refractivity contribution is 5.91. The second kappa shape index (κ2) is 9.91. The summed E-state index contributed by atoms with van der Waals surface area (Å²) in [5.74, 6) is 2.65. The number of carbonyl (C=O) groups excluding carboxylic acids is 1. The molecule has 1 saturated heterocycles. The number of benzene rings is 2. The number of amides is 1. The highest BCUT2D eigenvalue weighted by Gasteiger charge is 2.53. The molecular formula is C30H36N6O2. The first kappa shape index (κ1) is 24.7. The Balaban J connectivity index is 1.16. The van der Waals surface area contributed by atoms with E-state index >= 15 is 0 Å². The van der Waals surface area contributed by atoms with Crippen LogP contribution in [-0.4, -0.2) is 71.6 Å². The van der Waals surface area contributed by atoms with Gasteiger partial charge in [0.15, 0.2) is 0 Å². The first-order valence-electron chi connectivity index (χ1n) is 13.7. The summed E-state index contributed by atoms with van der Waals surface area (Å²) < 4.78 is 5.74. The quantitative estimate of drug-likeness (QED) is 0.499. The number of piperazine rings is 1. The molecule has 3 aliphatic rings. The van der Waals surface area contributed by atoms with Crippen LogP contribution < -0.4 is 15.0 Å². The van der Waals surface area contributed by atoms with Gasteiger partial charge < -0.3 is 24.8 Å². The van der Waals surface area contributed by atoms with Gasteiger partial charge in [0.05, 0.1) is 11.5 Å². The molecule has 8 nitrogen and oxygen atoms in total. The Bertz CT molecular complexity index is 1300. The maximum atomic E-state index is 13.4. The number of nitrogens with zero attached hydrogens (tertiary/aromatic N) is 5. The third kappa shape index (κ3) is 4.80. The first-order valence-corrected chi connectivity index (χ1v) is 13.7. The maximum Gasteiger partial charge on any atom is 0.233 e. The minimum absolute atomic E-state index is 0.140. The molecule has 1 aromatic heterocycles. The van der Waals surface area contributed by atoms with Crippen LogP contribution in [0.2, 0.25) is 0 Å². The fraction of sp³-hybridized carbons (Fsp3) is 0.433. The van der Waals surface area contributed by atoms with Crippen molar-refractivity contribution in [1.82, 2.24) is 19.8 Å². The third-order valence-corrected chi connectivity index (χ3v) is 7.87. The fourth-order valence-electron chi connectivity index (χ4n) is 5.50. The molecule has 8 heteroatoms. The van der Waals surface area contributed by atoms with E-state index in [1.54, 1.807) is 0 Å². The van der Waals surface area contributed by atoms with E-state index in [4.69, 9.17) is 9.72 Å². The predicted molar refractivity (Wildman–Crippen MR) is 150 cm³/mol. The molecule has 3 aromatic rings. The molecule has 1 aliphatic carbocycles. The molecule has 2 aliphatic heterocycles. The third-order valence-electron chi connectivity index (χ3n) is 7.87. The number of fused-ring (bicyclic) bond motifs is 1. The van der Waals surface area contributed by atoms with Gasteiger partial charge in [-0.3, -0.25) is 4.79 Å². The van der Waals surface area contributed by atoms with Crippen molar-refractivity contribution in [2.45, 2.75) is 44.6 Å². The number of carbonyl (C=O) groups is 1. The Kier molecular flexibility index (Phi) is 6.43. The van der Waals surface area contributed by atoms with Gasteiger partial charge in [-0.2, -0.15) is 4.98 Å². The standard InChI is InChI=1S/C30H36N6O2/c1-21(2)38-26-10-6-24(7-11-26)32-29-31-20-22-12-15-36(27(22)33-29)25-8-4-23(5-9-25)30(13-14-30)28(37)35-18-16-34(3)17-19-35/h4-11,20-21H,12-19H2,1-3H3,(H,31,32,33). The van der Waals surface area contributed by atoms with Crippen molar-refractivity contribution in [3.8, 4) is 5.75 Å². The highest BCUT2D eigenvalue weighted by Crippen LogP contribution is 2.50. The van der Waals surface area contributed by atoms with Crippen molar-refractivity contribution < 1.29 is 9.53 Å². The Morgan fingerprint density at radius 3 is 2.34 bits per heavy atom. The number of anilines is 4. The van der Waals surface area contributed by atoms with Gasteiger partial charge in [0.1, 0.15) is 11.6 Å². The van der Waals surface area contributed by atoms with Gasteiger partial charge in [0.2, 0.25) is 11.9 Å². The summed E-state index contributed by atoms with van der Waals surface area (Å²) in [7, 11) is 2.12. The summed E-state index contributed by atoms with van der Waals surface area (Å²) in [5.41, 5.74) is 3.96. The van der Waals surface area contributed by atoms with Crippen LogP contribution in [0.4, 0.5) is 23.1 Å². The topological polar surface area (TPSA) is 73.8 Å². The van der Waals surface area contributed by atoms with Crippen LogP contribution in [0.15, 0.2) is 54.7 Å². The van der Waals surface area contributed by atoms with E-state index in [1.165, 1.54) is 0 Å². The SMILES string of the molecule is CC(C)Oc1ccc(Nc2ncc3c(n2)N(c2ccc(C4(C(=O)N5CCN(C)CC5)CC4)cc2)CC3)cc1. The molecule has 0 spiro atoms. The monoisotopic (exact) mass is 512 g/mol. The fourth-order valence-corrected chi connectivity index (χ4v) is 5.50. The zero-order chi connectivity index (χ0) is 26.3. The van der Waals surface area contributed by atoms with Gasteiger partial charge in [-0.15, -0.1) is 0 Å². The number of hydrogen-bond donors (Lipinski definition) is 1. The molecule has 2 aromatic carbocycles. The molecular weight excluding hydrogens is 476 g/mol. The normalized spacial score (nSPS) is 18.4. The zero-order valence-electron chi connectivity index (χ0n) is 22.5. The van der Waals surface area contributed by atoms with E-state index in [-0.39, 0.29) is 11.5 Å². The van der Waals surface area contributed by atoms with Crippen molar-refractivity contribution in [2.24, 2.45) is 0 Å². The van der Waals surface area contributed by atoms with E-state index < -0.39 is 0 Å². The lowest BCUT2D eigenvalue weighted by Crippen LogP contribution is -2.50. The van der Waals surface area contributed by atoms with Crippen LogP contribution in [0.5, 0.6) is 5.75 Å². The molecule has 1 amide bonds. The summed E-state index contributed by atoms with van der Waals surface area (Å²) in [6, 6.07) is 16.4. The maximum absolute atomic E-state index is 13.4. The molecule has 0 unspecified atom stereocenters. The summed E-state index contributed by atoms with van der Waals surface area (Å²) in [6.45, 7) is 8.44. The minimum Gasteiger partial charge on any atom is -0.491 e. The number of aromatic nitrogens is 2. The Morgan fingerprint density at radius 1 is 0.974 bits per heavy atom. The second-order valence-corrected chi connectivity index (χ2v) is 11.0. The van der Waals surface area contributed by atoms with Crippen molar-refractivity contribution in [1.29, 1.82) is 0 Å². The summed E-state index contributed by atoms with van der Waals surface area (Å²) in [6.07, 6.45) is 4.85. The number of likely N-dealkylation sites (N-methyl/N-ethyl adjacent to an activating group) is 1. The Morgan fingerprint density at radius 2 is 1.68 bits per heavy atom. The van der Waals surface area contributed by atoms with Crippen molar-refractivity contribution in [3.63, 3.8) is 0 Å². The van der Waals surface area contributed by atoms with Crippen molar-refractivity contribution in [2.75, 3.05) is 50.0 Å². The molecule has 6 rings (SSSR count). The first-order chi connectivity index (χ1) is 18.4.